The van der Waals surface area contributed by atoms with Crippen molar-refractivity contribution in [1.29, 1.82) is 0 Å². The van der Waals surface area contributed by atoms with Gasteiger partial charge in [0.1, 0.15) is 0 Å². The Morgan fingerprint density at radius 1 is 0.467 bits per heavy atom. The molecule has 0 bridgehead atoms. The smallest absolute Gasteiger partial charge is 0.327 e. The van der Waals surface area contributed by atoms with Crippen LogP contribution in [0, 0.1) is 0 Å². The van der Waals surface area contributed by atoms with E-state index in [0.29, 0.717) is 39.1 Å². The monoisotopic (exact) mass is 387 g/mol. The summed E-state index contributed by atoms with van der Waals surface area (Å²) in [6.07, 6.45) is 0. The summed E-state index contributed by atoms with van der Waals surface area (Å²) in [5.74, 6) is 0. The average molecular weight is 387 g/mol. The molecule has 3 aromatic rings. The van der Waals surface area contributed by atoms with Crippen molar-refractivity contribution in [3.8, 4) is 0 Å². The molecule has 3 atom stereocenters. The highest BCUT2D eigenvalue weighted by Crippen LogP contribution is 2.45. The van der Waals surface area contributed by atoms with Gasteiger partial charge in [0.2, 0.25) is 0 Å². The maximum atomic E-state index is 2.78. The first-order chi connectivity index (χ1) is 14.7. The molecular formula is C24H24B3N3. The summed E-state index contributed by atoms with van der Waals surface area (Å²) in [7, 11) is 0. The van der Waals surface area contributed by atoms with E-state index >= 15 is 0 Å². The maximum absolute atomic E-state index is 2.78. The molecule has 3 nitrogen and oxygen atoms in total. The van der Waals surface area contributed by atoms with Gasteiger partial charge in [0.25, 0.3) is 0 Å². The van der Waals surface area contributed by atoms with Crippen molar-refractivity contribution >= 4 is 37.3 Å². The van der Waals surface area contributed by atoms with Gasteiger partial charge in [-0.05, 0) is 53.8 Å². The molecule has 30 heavy (non-hydrogen) atoms. The first-order valence-electron chi connectivity index (χ1n) is 11.3. The van der Waals surface area contributed by atoms with Gasteiger partial charge in [-0.3, -0.25) is 0 Å². The molecule has 0 aliphatic carbocycles. The molecule has 3 aromatic carbocycles. The lowest BCUT2D eigenvalue weighted by Gasteiger charge is -2.51. The van der Waals surface area contributed by atoms with E-state index in [0.717, 1.165) is 0 Å². The highest BCUT2D eigenvalue weighted by Gasteiger charge is 2.65. The van der Waals surface area contributed by atoms with Gasteiger partial charge in [0.05, 0.1) is 0 Å². The van der Waals surface area contributed by atoms with Gasteiger partial charge in [-0.2, -0.15) is 0 Å². The van der Waals surface area contributed by atoms with Crippen molar-refractivity contribution in [1.82, 2.24) is 14.2 Å². The Kier molecular flexibility index (Phi) is 3.43. The zero-order valence-electron chi connectivity index (χ0n) is 17.7. The average Bonchev–Trinajstić information content (AvgIpc) is 3.36. The van der Waals surface area contributed by atoms with E-state index in [1.165, 1.54) is 33.1 Å². The standard InChI is InChI=1S/C24H24B3N3/c1-16-19-10-4-7-13-22(19)25-28(16)26-23-14-8-5-11-20(23)17(2)30(26)27-24-15-9-6-12-21(24)18(3)29(25)27/h4-18H,1-3H3/t16-,17-,18+/m0/s1. The molecule has 0 N–H and O–H groups in total. The van der Waals surface area contributed by atoms with Gasteiger partial charge in [0.15, 0.2) is 0 Å². The largest absolute Gasteiger partial charge is 0.343 e. The number of fused-ring (bicyclic) bond motifs is 12. The number of nitrogens with zero attached hydrogens (tertiary/aromatic N) is 3. The second-order valence-electron chi connectivity index (χ2n) is 9.38. The van der Waals surface area contributed by atoms with Gasteiger partial charge in [-0.25, -0.2) is 0 Å². The second kappa shape index (κ2) is 5.91. The summed E-state index contributed by atoms with van der Waals surface area (Å²) in [5, 5.41) is 0. The molecular weight excluding hydrogens is 363 g/mol. The van der Waals surface area contributed by atoms with Crippen LogP contribution >= 0.6 is 0 Å². The molecule has 0 unspecified atom stereocenters. The molecule has 4 heterocycles. The predicted octanol–water partition coefficient (Wildman–Crippen LogP) is 2.32. The van der Waals surface area contributed by atoms with E-state index in [9.17, 15) is 0 Å². The molecule has 0 amide bonds. The van der Waals surface area contributed by atoms with Gasteiger partial charge < -0.3 is 14.2 Å². The number of benzene rings is 3. The molecule has 4 aliphatic rings. The minimum absolute atomic E-state index is 0.309. The summed E-state index contributed by atoms with van der Waals surface area (Å²) in [5.41, 5.74) is 8.94. The Labute approximate surface area is 180 Å². The van der Waals surface area contributed by atoms with Crippen LogP contribution in [0.5, 0.6) is 0 Å². The Morgan fingerprint density at radius 2 is 0.733 bits per heavy atom. The van der Waals surface area contributed by atoms with Crippen LogP contribution in [0.4, 0.5) is 0 Å². The van der Waals surface area contributed by atoms with Crippen LogP contribution in [0.15, 0.2) is 72.8 Å². The molecule has 144 valence electrons. The summed E-state index contributed by atoms with van der Waals surface area (Å²) in [6, 6.07) is 28.6. The van der Waals surface area contributed by atoms with Crippen LogP contribution in [0.2, 0.25) is 0 Å². The third-order valence-electron chi connectivity index (χ3n) is 8.21. The van der Waals surface area contributed by atoms with Gasteiger partial charge in [-0.1, -0.05) is 72.8 Å². The Morgan fingerprint density at radius 3 is 1.03 bits per heavy atom. The van der Waals surface area contributed by atoms with Crippen LogP contribution < -0.4 is 16.4 Å². The van der Waals surface area contributed by atoms with E-state index < -0.39 is 0 Å². The van der Waals surface area contributed by atoms with Crippen LogP contribution in [-0.2, 0) is 0 Å². The summed E-state index contributed by atoms with van der Waals surface area (Å²) < 4.78 is 8.35. The minimum Gasteiger partial charge on any atom is -0.343 e. The van der Waals surface area contributed by atoms with Gasteiger partial charge >= 0.3 is 20.9 Å². The molecule has 1 fully saturated rings. The van der Waals surface area contributed by atoms with Crippen LogP contribution in [0.1, 0.15) is 55.6 Å². The number of hydrogen-bond donors (Lipinski definition) is 0. The minimum atomic E-state index is 0.309. The summed E-state index contributed by atoms with van der Waals surface area (Å²) in [6.45, 7) is 8.12. The maximum Gasteiger partial charge on any atom is 0.327 e. The summed E-state index contributed by atoms with van der Waals surface area (Å²) >= 11 is 0. The fraction of sp³-hybridized carbons (Fsp3) is 0.250. The van der Waals surface area contributed by atoms with Crippen LogP contribution in [0.25, 0.3) is 0 Å². The lowest BCUT2D eigenvalue weighted by Crippen LogP contribution is -2.79. The number of rotatable bonds is 0. The van der Waals surface area contributed by atoms with E-state index in [4.69, 9.17) is 0 Å². The lowest BCUT2D eigenvalue weighted by molar-refractivity contribution is 0.372. The molecule has 0 spiro atoms. The lowest BCUT2D eigenvalue weighted by atomic mass is 9.41. The quantitative estimate of drug-likeness (QED) is 0.549. The predicted molar refractivity (Wildman–Crippen MR) is 126 cm³/mol. The van der Waals surface area contributed by atoms with Gasteiger partial charge in [-0.15, -0.1) is 0 Å². The molecule has 0 radical (unpaired) electrons. The van der Waals surface area contributed by atoms with Crippen molar-refractivity contribution in [3.05, 3.63) is 89.5 Å². The Bertz CT molecular complexity index is 1030. The topological polar surface area (TPSA) is 9.72 Å². The van der Waals surface area contributed by atoms with Crippen molar-refractivity contribution in [3.63, 3.8) is 0 Å². The summed E-state index contributed by atoms with van der Waals surface area (Å²) in [4.78, 5) is 0. The van der Waals surface area contributed by atoms with Crippen LogP contribution in [0.3, 0.4) is 0 Å². The fourth-order valence-electron chi connectivity index (χ4n) is 6.96. The van der Waals surface area contributed by atoms with E-state index in [1.807, 2.05) is 0 Å². The molecule has 4 aliphatic heterocycles. The van der Waals surface area contributed by atoms with Crippen LogP contribution in [-0.4, -0.2) is 35.1 Å². The van der Waals surface area contributed by atoms with E-state index in [1.54, 1.807) is 0 Å². The van der Waals surface area contributed by atoms with E-state index in [-0.39, 0.29) is 0 Å². The Hall–Kier alpha value is -2.27. The molecule has 1 saturated heterocycles. The first-order valence-corrected chi connectivity index (χ1v) is 11.3. The Balaban J connectivity index is 1.52. The van der Waals surface area contributed by atoms with Crippen molar-refractivity contribution in [2.75, 3.05) is 0 Å². The number of hydrogen-bond acceptors (Lipinski definition) is 3. The van der Waals surface area contributed by atoms with Crippen molar-refractivity contribution < 1.29 is 0 Å². The van der Waals surface area contributed by atoms with Crippen molar-refractivity contribution in [2.24, 2.45) is 0 Å². The molecule has 6 heteroatoms. The SMILES string of the molecule is C[C@@H]1c2ccccc2B2N1B1c3ccccc3[C@H](C)N1B1c3ccccc3[C@H](C)N21. The zero-order chi connectivity index (χ0) is 20.1. The zero-order valence-corrected chi connectivity index (χ0v) is 17.7. The molecule has 0 aromatic heterocycles. The second-order valence-corrected chi connectivity index (χ2v) is 9.38. The third-order valence-corrected chi connectivity index (χ3v) is 8.21. The van der Waals surface area contributed by atoms with E-state index in [2.05, 4.69) is 108 Å². The highest BCUT2D eigenvalue weighted by atomic mass is 15.4. The van der Waals surface area contributed by atoms with Crippen molar-refractivity contribution in [2.45, 2.75) is 38.9 Å². The molecule has 0 saturated carbocycles. The first kappa shape index (κ1) is 17.4. The fourth-order valence-corrected chi connectivity index (χ4v) is 6.96. The van der Waals surface area contributed by atoms with Gasteiger partial charge in [0, 0.05) is 18.1 Å². The molecule has 7 rings (SSSR count). The highest BCUT2D eigenvalue weighted by molar-refractivity contribution is 7.00. The third kappa shape index (κ3) is 1.91. The normalized spacial score (nSPS) is 26.9.